The lowest BCUT2D eigenvalue weighted by molar-refractivity contribution is 0.320. The van der Waals surface area contributed by atoms with Gasteiger partial charge in [0.05, 0.1) is 17.5 Å². The number of halogens is 2. The highest BCUT2D eigenvalue weighted by Gasteiger charge is 2.33. The predicted octanol–water partition coefficient (Wildman–Crippen LogP) is 3.52. The van der Waals surface area contributed by atoms with Gasteiger partial charge in [0.15, 0.2) is 0 Å². The Balaban J connectivity index is 2.09. The summed E-state index contributed by atoms with van der Waals surface area (Å²) in [5.74, 6) is -0.464. The van der Waals surface area contributed by atoms with Gasteiger partial charge in [-0.05, 0) is 19.1 Å². The third kappa shape index (κ3) is 3.48. The fourth-order valence-electron chi connectivity index (χ4n) is 1.55. The van der Waals surface area contributed by atoms with E-state index in [2.05, 4.69) is 10.1 Å². The number of aliphatic imine (C=N–C) groups is 1. The Bertz CT molecular complexity index is 516. The summed E-state index contributed by atoms with van der Waals surface area (Å²) in [7, 11) is 0. The molecule has 0 aliphatic carbocycles. The van der Waals surface area contributed by atoms with Gasteiger partial charge in [0, 0.05) is 11.3 Å². The van der Waals surface area contributed by atoms with Gasteiger partial charge in [-0.3, -0.25) is 4.99 Å². The maximum Gasteiger partial charge on any atom is 0.131 e. The lowest BCUT2D eigenvalue weighted by Gasteiger charge is -2.12. The zero-order valence-corrected chi connectivity index (χ0v) is 11.8. The first kappa shape index (κ1) is 14.3. The monoisotopic (exact) mass is 302 g/mol. The standard InChI is InChI=1S/C12H12F2N2OS2/c1-12(6-16-17)7-18-11(19-12)15-5-8-9(13)3-2-4-10(8)14/h2-4,6,17H,5,7H2,1H3/t12-/m0/s1. The van der Waals surface area contributed by atoms with Gasteiger partial charge in [-0.1, -0.05) is 29.6 Å². The average molecular weight is 302 g/mol. The van der Waals surface area contributed by atoms with Crippen LogP contribution in [0.2, 0.25) is 0 Å². The first-order valence-corrected chi connectivity index (χ1v) is 7.32. The molecule has 1 saturated heterocycles. The van der Waals surface area contributed by atoms with E-state index in [9.17, 15) is 8.78 Å². The van der Waals surface area contributed by atoms with Crippen molar-refractivity contribution in [3.63, 3.8) is 0 Å². The second-order valence-corrected chi connectivity index (χ2v) is 6.98. The van der Waals surface area contributed by atoms with Crippen molar-refractivity contribution in [2.75, 3.05) is 5.75 Å². The topological polar surface area (TPSA) is 45.0 Å². The molecule has 2 rings (SSSR count). The van der Waals surface area contributed by atoms with Crippen molar-refractivity contribution in [3.05, 3.63) is 35.4 Å². The summed E-state index contributed by atoms with van der Waals surface area (Å²) < 4.78 is 27.3. The van der Waals surface area contributed by atoms with Gasteiger partial charge in [-0.25, -0.2) is 8.78 Å². The Morgan fingerprint density at radius 3 is 2.74 bits per heavy atom. The minimum atomic E-state index is -0.586. The molecule has 1 heterocycles. The fraction of sp³-hybridized carbons (Fsp3) is 0.333. The highest BCUT2D eigenvalue weighted by atomic mass is 32.2. The van der Waals surface area contributed by atoms with E-state index < -0.39 is 11.6 Å². The van der Waals surface area contributed by atoms with Crippen LogP contribution >= 0.6 is 23.5 Å². The fourth-order valence-corrected chi connectivity index (χ4v) is 4.22. The first-order valence-electron chi connectivity index (χ1n) is 5.52. The molecule has 0 radical (unpaired) electrons. The summed E-state index contributed by atoms with van der Waals surface area (Å²) in [6.45, 7) is 1.89. The van der Waals surface area contributed by atoms with Crippen LogP contribution in [0.1, 0.15) is 12.5 Å². The van der Waals surface area contributed by atoms with Crippen molar-refractivity contribution < 1.29 is 14.0 Å². The van der Waals surface area contributed by atoms with E-state index >= 15 is 0 Å². The molecule has 0 aromatic heterocycles. The van der Waals surface area contributed by atoms with Crippen molar-refractivity contribution in [2.45, 2.75) is 18.2 Å². The number of thioether (sulfide) groups is 2. The second kappa shape index (κ2) is 5.92. The van der Waals surface area contributed by atoms with Gasteiger partial charge in [0.25, 0.3) is 0 Å². The summed E-state index contributed by atoms with van der Waals surface area (Å²) in [5, 5.41) is 11.6. The quantitative estimate of drug-likeness (QED) is 0.528. The average Bonchev–Trinajstić information content (AvgIpc) is 2.71. The van der Waals surface area contributed by atoms with E-state index in [1.807, 2.05) is 6.92 Å². The summed E-state index contributed by atoms with van der Waals surface area (Å²) in [6.07, 6.45) is 1.44. The number of hydrogen-bond acceptors (Lipinski definition) is 5. The molecule has 1 aliphatic rings. The number of rotatable bonds is 3. The minimum absolute atomic E-state index is 0.0272. The molecule has 0 amide bonds. The summed E-state index contributed by atoms with van der Waals surface area (Å²) in [4.78, 5) is 4.21. The Labute approximate surface area is 118 Å². The largest absolute Gasteiger partial charge is 0.411 e. The highest BCUT2D eigenvalue weighted by molar-refractivity contribution is 8.42. The molecule has 1 aromatic carbocycles. The van der Waals surface area contributed by atoms with Gasteiger partial charge in [0.1, 0.15) is 16.0 Å². The molecule has 0 bridgehead atoms. The molecule has 3 nitrogen and oxygen atoms in total. The first-order chi connectivity index (χ1) is 9.04. The van der Waals surface area contributed by atoms with E-state index in [1.54, 1.807) is 0 Å². The maximum absolute atomic E-state index is 13.4. The molecular weight excluding hydrogens is 290 g/mol. The van der Waals surface area contributed by atoms with Crippen molar-refractivity contribution >= 4 is 34.1 Å². The second-order valence-electron chi connectivity index (χ2n) is 4.23. The molecule has 1 atom stereocenters. The maximum atomic E-state index is 13.4. The smallest absolute Gasteiger partial charge is 0.131 e. The third-order valence-electron chi connectivity index (χ3n) is 2.56. The number of hydrogen-bond donors (Lipinski definition) is 1. The molecule has 0 saturated carbocycles. The van der Waals surface area contributed by atoms with Crippen molar-refractivity contribution in [1.82, 2.24) is 0 Å². The van der Waals surface area contributed by atoms with Gasteiger partial charge < -0.3 is 5.21 Å². The van der Waals surface area contributed by atoms with Gasteiger partial charge >= 0.3 is 0 Å². The van der Waals surface area contributed by atoms with Crippen molar-refractivity contribution in [2.24, 2.45) is 10.1 Å². The summed E-state index contributed by atoms with van der Waals surface area (Å²) >= 11 is 2.91. The van der Waals surface area contributed by atoms with Crippen LogP contribution in [0.3, 0.4) is 0 Å². The third-order valence-corrected chi connectivity index (χ3v) is 5.49. The molecule has 1 fully saturated rings. The van der Waals surface area contributed by atoms with Crippen LogP contribution in [-0.4, -0.2) is 26.3 Å². The van der Waals surface area contributed by atoms with Crippen LogP contribution in [0.25, 0.3) is 0 Å². The van der Waals surface area contributed by atoms with Crippen LogP contribution in [0.5, 0.6) is 0 Å². The molecular formula is C12H12F2N2OS2. The highest BCUT2D eigenvalue weighted by Crippen LogP contribution is 2.40. The van der Waals surface area contributed by atoms with Gasteiger partial charge in [-0.15, -0.1) is 5.16 Å². The lowest BCUT2D eigenvalue weighted by atomic mass is 10.2. The Hall–Kier alpha value is -1.08. The van der Waals surface area contributed by atoms with Gasteiger partial charge in [-0.2, -0.15) is 0 Å². The number of benzene rings is 1. The van der Waals surface area contributed by atoms with Crippen LogP contribution in [0.4, 0.5) is 8.78 Å². The van der Waals surface area contributed by atoms with Crippen molar-refractivity contribution in [3.8, 4) is 0 Å². The number of oxime groups is 1. The van der Waals surface area contributed by atoms with E-state index in [0.717, 1.165) is 4.38 Å². The molecule has 7 heteroatoms. The van der Waals surface area contributed by atoms with Crippen LogP contribution in [0.15, 0.2) is 28.3 Å². The molecule has 1 aromatic rings. The summed E-state index contributed by atoms with van der Waals surface area (Å²) in [6, 6.07) is 3.77. The summed E-state index contributed by atoms with van der Waals surface area (Å²) in [5.41, 5.74) is -0.0272. The van der Waals surface area contributed by atoms with E-state index in [4.69, 9.17) is 5.21 Å². The molecule has 0 spiro atoms. The normalized spacial score (nSPS) is 25.5. The zero-order chi connectivity index (χ0) is 13.9. The minimum Gasteiger partial charge on any atom is -0.411 e. The van der Waals surface area contributed by atoms with E-state index in [1.165, 1.54) is 47.9 Å². The Morgan fingerprint density at radius 2 is 2.11 bits per heavy atom. The molecule has 1 aliphatic heterocycles. The van der Waals surface area contributed by atoms with Crippen molar-refractivity contribution in [1.29, 1.82) is 0 Å². The SMILES string of the molecule is C[C@]1(C=NO)CSC(=NCc2c(F)cccc2F)S1. The number of nitrogens with zero attached hydrogens (tertiary/aromatic N) is 2. The molecule has 102 valence electrons. The zero-order valence-electron chi connectivity index (χ0n) is 10.1. The Kier molecular flexibility index (Phi) is 4.46. The van der Waals surface area contributed by atoms with E-state index in [0.29, 0.717) is 5.75 Å². The lowest BCUT2D eigenvalue weighted by Crippen LogP contribution is -2.21. The van der Waals surface area contributed by atoms with E-state index in [-0.39, 0.29) is 16.9 Å². The Morgan fingerprint density at radius 1 is 1.42 bits per heavy atom. The predicted molar refractivity (Wildman–Crippen MR) is 76.2 cm³/mol. The molecule has 1 N–H and O–H groups in total. The van der Waals surface area contributed by atoms with Crippen LogP contribution < -0.4 is 0 Å². The van der Waals surface area contributed by atoms with Crippen LogP contribution in [0, 0.1) is 11.6 Å². The van der Waals surface area contributed by atoms with Crippen LogP contribution in [-0.2, 0) is 6.54 Å². The molecule has 19 heavy (non-hydrogen) atoms. The van der Waals surface area contributed by atoms with Gasteiger partial charge in [0.2, 0.25) is 0 Å². The molecule has 0 unspecified atom stereocenters.